The minimum atomic E-state index is -3.67. The Balaban J connectivity index is 1.47. The molecule has 0 saturated heterocycles. The van der Waals surface area contributed by atoms with E-state index in [1.807, 2.05) is 0 Å². The van der Waals surface area contributed by atoms with E-state index in [9.17, 15) is 12.8 Å². The van der Waals surface area contributed by atoms with Crippen molar-refractivity contribution < 1.29 is 17.3 Å². The van der Waals surface area contributed by atoms with E-state index in [0.717, 1.165) is 24.2 Å². The van der Waals surface area contributed by atoms with Gasteiger partial charge in [-0.05, 0) is 36.6 Å². The topological polar surface area (TPSA) is 85.1 Å². The first-order valence-electron chi connectivity index (χ1n) is 8.18. The first-order valence-corrected chi connectivity index (χ1v) is 10.5. The summed E-state index contributed by atoms with van der Waals surface area (Å²) in [6.45, 7) is 0.0872. The number of nitrogens with one attached hydrogen (secondary N) is 1. The molecule has 1 aliphatic rings. The lowest BCUT2D eigenvalue weighted by molar-refractivity contribution is 0.292. The van der Waals surface area contributed by atoms with Crippen LogP contribution in [0.25, 0.3) is 11.4 Å². The summed E-state index contributed by atoms with van der Waals surface area (Å²) in [5, 5.41) is 5.65. The van der Waals surface area contributed by atoms with Crippen molar-refractivity contribution in [3.8, 4) is 11.4 Å². The van der Waals surface area contributed by atoms with Crippen LogP contribution in [0.15, 0.2) is 44.4 Å². The average Bonchev–Trinajstić information content (AvgIpc) is 3.22. The van der Waals surface area contributed by atoms with Crippen molar-refractivity contribution in [2.75, 3.05) is 0 Å². The Bertz CT molecular complexity index is 1010. The van der Waals surface area contributed by atoms with Crippen molar-refractivity contribution in [2.24, 2.45) is 0 Å². The maximum Gasteiger partial charge on any atom is 0.250 e. The van der Waals surface area contributed by atoms with Gasteiger partial charge < -0.3 is 4.52 Å². The molecule has 2 aromatic heterocycles. The van der Waals surface area contributed by atoms with Gasteiger partial charge in [-0.15, -0.1) is 11.3 Å². The SMILES string of the molecule is O=S(=O)(NCc1ccc(F)cc1)c1cc(-c2noc(C3CCC3)n2)cs1. The summed E-state index contributed by atoms with van der Waals surface area (Å²) in [4.78, 5) is 4.38. The van der Waals surface area contributed by atoms with Crippen molar-refractivity contribution in [3.63, 3.8) is 0 Å². The van der Waals surface area contributed by atoms with Gasteiger partial charge in [-0.25, -0.2) is 17.5 Å². The van der Waals surface area contributed by atoms with E-state index in [1.165, 1.54) is 24.6 Å². The minimum Gasteiger partial charge on any atom is -0.339 e. The molecule has 0 spiro atoms. The molecule has 1 N–H and O–H groups in total. The number of hydrogen-bond acceptors (Lipinski definition) is 6. The first kappa shape index (κ1) is 17.3. The van der Waals surface area contributed by atoms with E-state index < -0.39 is 10.0 Å². The normalized spacial score (nSPS) is 15.1. The second-order valence-corrected chi connectivity index (χ2v) is 9.09. The molecular weight excluding hydrogens is 377 g/mol. The molecule has 1 fully saturated rings. The number of rotatable bonds is 6. The van der Waals surface area contributed by atoms with Crippen LogP contribution >= 0.6 is 11.3 Å². The molecule has 26 heavy (non-hydrogen) atoms. The van der Waals surface area contributed by atoms with Crippen LogP contribution in [0, 0.1) is 5.82 Å². The van der Waals surface area contributed by atoms with E-state index in [1.54, 1.807) is 17.5 Å². The van der Waals surface area contributed by atoms with E-state index in [4.69, 9.17) is 4.52 Å². The monoisotopic (exact) mass is 393 g/mol. The Hall–Kier alpha value is -2.10. The Morgan fingerprint density at radius 3 is 2.73 bits per heavy atom. The van der Waals surface area contributed by atoms with Crippen LogP contribution in [0.2, 0.25) is 0 Å². The molecule has 2 heterocycles. The highest BCUT2D eigenvalue weighted by Gasteiger charge is 2.26. The van der Waals surface area contributed by atoms with Crippen LogP contribution in [0.1, 0.15) is 36.6 Å². The molecule has 0 amide bonds. The molecule has 0 aliphatic heterocycles. The third-order valence-electron chi connectivity index (χ3n) is 4.37. The lowest BCUT2D eigenvalue weighted by atomic mass is 9.85. The molecule has 0 unspecified atom stereocenters. The molecule has 1 aliphatic carbocycles. The number of aromatic nitrogens is 2. The number of halogens is 1. The Morgan fingerprint density at radius 2 is 2.04 bits per heavy atom. The zero-order valence-corrected chi connectivity index (χ0v) is 15.3. The highest BCUT2D eigenvalue weighted by Crippen LogP contribution is 2.36. The summed E-state index contributed by atoms with van der Waals surface area (Å²) in [7, 11) is -3.67. The fourth-order valence-electron chi connectivity index (χ4n) is 2.60. The number of nitrogens with zero attached hydrogens (tertiary/aromatic N) is 2. The number of thiophene rings is 1. The van der Waals surface area contributed by atoms with Crippen molar-refractivity contribution in [3.05, 3.63) is 53.0 Å². The minimum absolute atomic E-state index is 0.0872. The molecule has 0 atom stereocenters. The number of sulfonamides is 1. The fraction of sp³-hybridized carbons (Fsp3) is 0.294. The number of hydrogen-bond donors (Lipinski definition) is 1. The second-order valence-electron chi connectivity index (χ2n) is 6.19. The summed E-state index contributed by atoms with van der Waals surface area (Å²) in [6, 6.07) is 7.21. The van der Waals surface area contributed by atoms with E-state index in [2.05, 4.69) is 14.9 Å². The van der Waals surface area contributed by atoms with Crippen LogP contribution in [-0.4, -0.2) is 18.6 Å². The van der Waals surface area contributed by atoms with Gasteiger partial charge in [0.2, 0.25) is 21.7 Å². The van der Waals surface area contributed by atoms with Crippen LogP contribution < -0.4 is 4.72 Å². The zero-order valence-electron chi connectivity index (χ0n) is 13.7. The Morgan fingerprint density at radius 1 is 1.27 bits per heavy atom. The quantitative estimate of drug-likeness (QED) is 0.690. The second kappa shape index (κ2) is 6.90. The van der Waals surface area contributed by atoms with Gasteiger partial charge in [0.25, 0.3) is 0 Å². The summed E-state index contributed by atoms with van der Waals surface area (Å²) in [5.41, 5.74) is 1.29. The molecule has 0 bridgehead atoms. The fourth-order valence-corrected chi connectivity index (χ4v) is 4.82. The molecule has 1 aromatic carbocycles. The molecule has 3 aromatic rings. The van der Waals surface area contributed by atoms with Gasteiger partial charge in [0.05, 0.1) is 0 Å². The highest BCUT2D eigenvalue weighted by molar-refractivity contribution is 7.91. The Kier molecular flexibility index (Phi) is 4.60. The molecule has 9 heteroatoms. The van der Waals surface area contributed by atoms with Crippen molar-refractivity contribution in [1.82, 2.24) is 14.9 Å². The smallest absolute Gasteiger partial charge is 0.250 e. The molecule has 1 saturated carbocycles. The van der Waals surface area contributed by atoms with Gasteiger partial charge in [0.1, 0.15) is 10.0 Å². The predicted molar refractivity (Wildman–Crippen MR) is 94.6 cm³/mol. The van der Waals surface area contributed by atoms with Gasteiger partial charge >= 0.3 is 0 Å². The van der Waals surface area contributed by atoms with Crippen molar-refractivity contribution in [1.29, 1.82) is 0 Å². The maximum atomic E-state index is 12.9. The number of benzene rings is 1. The maximum absolute atomic E-state index is 12.9. The summed E-state index contributed by atoms with van der Waals surface area (Å²) < 4.78 is 45.8. The lowest BCUT2D eigenvalue weighted by Crippen LogP contribution is -2.22. The van der Waals surface area contributed by atoms with Gasteiger partial charge in [-0.3, -0.25) is 0 Å². The summed E-state index contributed by atoms with van der Waals surface area (Å²) >= 11 is 1.09. The van der Waals surface area contributed by atoms with Crippen LogP contribution in [0.3, 0.4) is 0 Å². The van der Waals surface area contributed by atoms with Crippen molar-refractivity contribution in [2.45, 2.75) is 35.9 Å². The standard InChI is InChI=1S/C17H16FN3O3S2/c18-14-6-4-11(5-7-14)9-19-26(22,23)15-8-13(10-25-15)16-20-17(24-21-16)12-2-1-3-12/h4-8,10,12,19H,1-3,9H2. The van der Waals surface area contributed by atoms with E-state index >= 15 is 0 Å². The highest BCUT2D eigenvalue weighted by atomic mass is 32.2. The lowest BCUT2D eigenvalue weighted by Gasteiger charge is -2.20. The Labute approximate surface area is 154 Å². The third kappa shape index (κ3) is 3.55. The van der Waals surface area contributed by atoms with Gasteiger partial charge in [0, 0.05) is 23.4 Å². The predicted octanol–water partition coefficient (Wildman–Crippen LogP) is 3.68. The first-order chi connectivity index (χ1) is 12.5. The molecule has 136 valence electrons. The van der Waals surface area contributed by atoms with Crippen LogP contribution in [0.5, 0.6) is 0 Å². The van der Waals surface area contributed by atoms with Crippen LogP contribution in [0.4, 0.5) is 4.39 Å². The van der Waals surface area contributed by atoms with E-state index in [-0.39, 0.29) is 16.6 Å². The van der Waals surface area contributed by atoms with Gasteiger partial charge in [0.15, 0.2) is 0 Å². The van der Waals surface area contributed by atoms with E-state index in [0.29, 0.717) is 28.8 Å². The summed E-state index contributed by atoms with van der Waals surface area (Å²) in [5.74, 6) is 0.996. The third-order valence-corrected chi connectivity index (χ3v) is 7.21. The summed E-state index contributed by atoms with van der Waals surface area (Å²) in [6.07, 6.45) is 3.28. The van der Waals surface area contributed by atoms with Gasteiger partial charge in [-0.2, -0.15) is 4.98 Å². The molecule has 4 rings (SSSR count). The average molecular weight is 393 g/mol. The van der Waals surface area contributed by atoms with Crippen molar-refractivity contribution >= 4 is 21.4 Å². The molecule has 0 radical (unpaired) electrons. The van der Waals surface area contributed by atoms with Gasteiger partial charge in [-0.1, -0.05) is 23.7 Å². The molecular formula is C17H16FN3O3S2. The zero-order chi connectivity index (χ0) is 18.1. The van der Waals surface area contributed by atoms with Crippen LogP contribution in [-0.2, 0) is 16.6 Å². The largest absolute Gasteiger partial charge is 0.339 e. The molecule has 6 nitrogen and oxygen atoms in total.